The second-order valence-corrected chi connectivity index (χ2v) is 6.16. The normalized spacial score (nSPS) is 9.67. The van der Waals surface area contributed by atoms with Gasteiger partial charge >= 0.3 is 0 Å². The van der Waals surface area contributed by atoms with Gasteiger partial charge in [-0.05, 0) is 24.3 Å². The number of hydrogen-bond donors (Lipinski definition) is 0. The zero-order valence-electron chi connectivity index (χ0n) is 8.38. The van der Waals surface area contributed by atoms with Crippen molar-refractivity contribution in [2.24, 2.45) is 0 Å². The third kappa shape index (κ3) is 2.53. The van der Waals surface area contributed by atoms with Gasteiger partial charge in [0.15, 0.2) is 18.2 Å². The molecule has 2 aromatic rings. The molecular weight excluding hydrogens is 218 g/mol. The van der Waals surface area contributed by atoms with E-state index in [1.54, 1.807) is 0 Å². The van der Waals surface area contributed by atoms with Gasteiger partial charge in [-0.3, -0.25) is 0 Å². The average Bonchev–Trinajstić information content (AvgIpc) is 2.33. The highest BCUT2D eigenvalue weighted by Gasteiger charge is 2.14. The monoisotopic (exact) mass is 231 g/mol. The van der Waals surface area contributed by atoms with Gasteiger partial charge in [0.25, 0.3) is 0 Å². The molecular formula is C13H13P2+. The highest BCUT2D eigenvalue weighted by Crippen LogP contribution is 2.21. The van der Waals surface area contributed by atoms with Crippen molar-refractivity contribution in [3.05, 3.63) is 60.7 Å². The summed E-state index contributed by atoms with van der Waals surface area (Å²) < 4.78 is 0. The molecule has 0 radical (unpaired) electrons. The molecule has 2 rings (SSSR count). The molecule has 0 aliphatic heterocycles. The summed E-state index contributed by atoms with van der Waals surface area (Å²) in [7, 11) is 2.43. The second kappa shape index (κ2) is 5.21. The minimum atomic E-state index is -0.311. The van der Waals surface area contributed by atoms with Gasteiger partial charge in [0.1, 0.15) is 5.54 Å². The third-order valence-electron chi connectivity index (χ3n) is 2.22. The van der Waals surface area contributed by atoms with E-state index in [2.05, 4.69) is 75.4 Å². The van der Waals surface area contributed by atoms with Crippen molar-refractivity contribution in [2.45, 2.75) is 0 Å². The van der Waals surface area contributed by atoms with E-state index in [1.807, 2.05) is 0 Å². The van der Waals surface area contributed by atoms with Gasteiger partial charge < -0.3 is 0 Å². The molecule has 0 nitrogen and oxygen atoms in total. The van der Waals surface area contributed by atoms with E-state index in [4.69, 9.17) is 0 Å². The minimum Gasteiger partial charge on any atom is -0.0663 e. The quantitative estimate of drug-likeness (QED) is 0.697. The minimum absolute atomic E-state index is 0.311. The van der Waals surface area contributed by atoms with Crippen LogP contribution in [-0.4, -0.2) is 5.54 Å². The van der Waals surface area contributed by atoms with Crippen LogP contribution in [0.5, 0.6) is 0 Å². The predicted molar refractivity (Wildman–Crippen MR) is 74.8 cm³/mol. The van der Waals surface area contributed by atoms with Crippen molar-refractivity contribution >= 4 is 32.9 Å². The Balaban J connectivity index is 2.44. The van der Waals surface area contributed by atoms with Crippen molar-refractivity contribution in [3.63, 3.8) is 0 Å². The van der Waals surface area contributed by atoms with E-state index in [0.29, 0.717) is 0 Å². The smallest absolute Gasteiger partial charge is 0.0663 e. The first-order chi connectivity index (χ1) is 7.42. The Morgan fingerprint density at radius 2 is 1.13 bits per heavy atom. The van der Waals surface area contributed by atoms with Crippen molar-refractivity contribution in [3.8, 4) is 0 Å². The Morgan fingerprint density at radius 1 is 0.733 bits per heavy atom. The molecule has 0 amide bonds. The first kappa shape index (κ1) is 10.6. The Kier molecular flexibility index (Phi) is 3.67. The Bertz CT molecular complexity index is 405. The zero-order chi connectivity index (χ0) is 10.5. The maximum absolute atomic E-state index is 2.74. The lowest BCUT2D eigenvalue weighted by atomic mass is 10.4. The number of rotatable bonds is 2. The van der Waals surface area contributed by atoms with Crippen molar-refractivity contribution in [2.75, 3.05) is 0 Å². The molecule has 2 aromatic carbocycles. The first-order valence-electron chi connectivity index (χ1n) is 4.86. The largest absolute Gasteiger partial charge is 0.169 e. The molecule has 0 aromatic heterocycles. The third-order valence-corrected chi connectivity index (χ3v) is 5.12. The Morgan fingerprint density at radius 3 is 1.47 bits per heavy atom. The molecule has 15 heavy (non-hydrogen) atoms. The van der Waals surface area contributed by atoms with Gasteiger partial charge in [0, 0.05) is 0 Å². The van der Waals surface area contributed by atoms with Crippen LogP contribution >= 0.6 is 16.8 Å². The summed E-state index contributed by atoms with van der Waals surface area (Å²) in [5, 5.41) is 2.79. The van der Waals surface area contributed by atoms with E-state index in [1.165, 1.54) is 10.6 Å². The van der Waals surface area contributed by atoms with Gasteiger partial charge in [-0.25, -0.2) is 0 Å². The average molecular weight is 231 g/mol. The molecule has 1 unspecified atom stereocenters. The number of hydrogen-bond acceptors (Lipinski definition) is 0. The fourth-order valence-corrected chi connectivity index (χ4v) is 4.16. The van der Waals surface area contributed by atoms with Crippen molar-refractivity contribution < 1.29 is 0 Å². The lowest BCUT2D eigenvalue weighted by Gasteiger charge is -1.94. The van der Waals surface area contributed by atoms with Crippen molar-refractivity contribution in [1.82, 2.24) is 0 Å². The molecule has 2 heteroatoms. The summed E-state index contributed by atoms with van der Waals surface area (Å²) >= 11 is 0. The maximum Gasteiger partial charge on any atom is 0.169 e. The lowest BCUT2D eigenvalue weighted by molar-refractivity contribution is 1.76. The van der Waals surface area contributed by atoms with E-state index in [0.717, 1.165) is 0 Å². The van der Waals surface area contributed by atoms with Gasteiger partial charge in [-0.15, -0.1) is 0 Å². The summed E-state index contributed by atoms with van der Waals surface area (Å²) in [6.45, 7) is 0. The maximum atomic E-state index is 2.74. The summed E-state index contributed by atoms with van der Waals surface area (Å²) in [6.07, 6.45) is 0. The SMILES string of the molecule is PC=[P+](c1ccccc1)c1ccccc1. The molecule has 0 aliphatic carbocycles. The highest BCUT2D eigenvalue weighted by atomic mass is 31.1. The summed E-state index contributed by atoms with van der Waals surface area (Å²) in [4.78, 5) is 0. The molecule has 0 heterocycles. The highest BCUT2D eigenvalue weighted by molar-refractivity contribution is 7.80. The zero-order valence-corrected chi connectivity index (χ0v) is 10.4. The van der Waals surface area contributed by atoms with Crippen LogP contribution in [-0.2, 0) is 0 Å². The molecule has 0 saturated heterocycles. The van der Waals surface area contributed by atoms with Crippen LogP contribution < -0.4 is 10.6 Å². The van der Waals surface area contributed by atoms with Gasteiger partial charge in [-0.1, -0.05) is 45.6 Å². The molecule has 74 valence electrons. The van der Waals surface area contributed by atoms with E-state index < -0.39 is 0 Å². The van der Waals surface area contributed by atoms with E-state index in [9.17, 15) is 0 Å². The predicted octanol–water partition coefficient (Wildman–Crippen LogP) is 2.75. The van der Waals surface area contributed by atoms with Gasteiger partial charge in [-0.2, -0.15) is 0 Å². The standard InChI is InChI=1S/C13H13P2/c14-11-15(12-7-3-1-4-8-12)13-9-5-2-6-10-13/h1-11H,14H2/q+1. The van der Waals surface area contributed by atoms with Crippen LogP contribution in [0.15, 0.2) is 60.7 Å². The summed E-state index contributed by atoms with van der Waals surface area (Å²) in [5.41, 5.74) is 2.22. The van der Waals surface area contributed by atoms with Crippen molar-refractivity contribution in [1.29, 1.82) is 0 Å². The Hall–Kier alpha value is -0.960. The molecule has 0 bridgehead atoms. The van der Waals surface area contributed by atoms with Crippen LogP contribution in [0.2, 0.25) is 0 Å². The van der Waals surface area contributed by atoms with Crippen LogP contribution in [0.3, 0.4) is 0 Å². The summed E-state index contributed by atoms with van der Waals surface area (Å²) in [6, 6.07) is 21.3. The van der Waals surface area contributed by atoms with E-state index in [-0.39, 0.29) is 7.55 Å². The lowest BCUT2D eigenvalue weighted by Crippen LogP contribution is -2.06. The molecule has 0 aliphatic rings. The van der Waals surface area contributed by atoms with Gasteiger partial charge in [0.2, 0.25) is 0 Å². The first-order valence-corrected chi connectivity index (χ1v) is 6.94. The topological polar surface area (TPSA) is 0 Å². The fraction of sp³-hybridized carbons (Fsp3) is 0. The van der Waals surface area contributed by atoms with Gasteiger partial charge in [0.05, 0.1) is 0 Å². The molecule has 0 fully saturated rings. The van der Waals surface area contributed by atoms with Crippen LogP contribution in [0.1, 0.15) is 0 Å². The molecule has 1 atom stereocenters. The number of benzene rings is 2. The Labute approximate surface area is 93.9 Å². The fourth-order valence-electron chi connectivity index (χ4n) is 1.50. The molecule has 0 saturated carbocycles. The molecule has 0 N–H and O–H groups in total. The second-order valence-electron chi connectivity index (χ2n) is 3.19. The molecule has 0 spiro atoms. The summed E-state index contributed by atoms with van der Waals surface area (Å²) in [5.74, 6) is 0. The van der Waals surface area contributed by atoms with Crippen LogP contribution in [0.4, 0.5) is 0 Å². The van der Waals surface area contributed by atoms with Crippen LogP contribution in [0.25, 0.3) is 0 Å². The van der Waals surface area contributed by atoms with Crippen LogP contribution in [0, 0.1) is 0 Å². The van der Waals surface area contributed by atoms with E-state index >= 15 is 0 Å².